The van der Waals surface area contributed by atoms with Crippen LogP contribution in [0, 0.1) is 0 Å². The summed E-state index contributed by atoms with van der Waals surface area (Å²) in [5.74, 6) is 0.937. The zero-order chi connectivity index (χ0) is 18.9. The lowest BCUT2D eigenvalue weighted by Crippen LogP contribution is -2.49. The summed E-state index contributed by atoms with van der Waals surface area (Å²) in [5.41, 5.74) is 3.95. The molecule has 2 aromatic carbocycles. The van der Waals surface area contributed by atoms with Crippen LogP contribution >= 0.6 is 0 Å². The highest BCUT2D eigenvalue weighted by atomic mass is 32.2. The van der Waals surface area contributed by atoms with E-state index >= 15 is 0 Å². The topological polar surface area (TPSA) is 66.4 Å². The Labute approximate surface area is 159 Å². The van der Waals surface area contributed by atoms with Gasteiger partial charge in [0.25, 0.3) is 0 Å². The molecule has 1 aromatic heterocycles. The molecule has 1 fully saturated rings. The van der Waals surface area contributed by atoms with Gasteiger partial charge in [0.05, 0.1) is 23.0 Å². The van der Waals surface area contributed by atoms with Gasteiger partial charge in [0.2, 0.25) is 10.0 Å². The quantitative estimate of drug-likeness (QED) is 0.694. The third-order valence-corrected chi connectivity index (χ3v) is 6.84. The van der Waals surface area contributed by atoms with Crippen molar-refractivity contribution in [3.8, 4) is 11.1 Å². The van der Waals surface area contributed by atoms with Crippen LogP contribution in [0.3, 0.4) is 0 Å². The van der Waals surface area contributed by atoms with E-state index in [1.54, 1.807) is 17.4 Å². The van der Waals surface area contributed by atoms with Crippen LogP contribution in [0.25, 0.3) is 22.2 Å². The minimum atomic E-state index is -3.13. The number of aromatic nitrogens is 2. The molecular weight excluding hydrogens is 360 g/mol. The predicted octanol–water partition coefficient (Wildman–Crippen LogP) is 2.77. The molecule has 3 aromatic rings. The SMILES string of the molecule is CCS(=O)(=O)N1CCN(c2cnc3ccc(-c4ccccc4)cc3n2)CC1. The van der Waals surface area contributed by atoms with E-state index in [9.17, 15) is 8.42 Å². The van der Waals surface area contributed by atoms with Gasteiger partial charge in [-0.15, -0.1) is 0 Å². The molecule has 140 valence electrons. The van der Waals surface area contributed by atoms with Crippen LogP contribution < -0.4 is 4.90 Å². The lowest BCUT2D eigenvalue weighted by molar-refractivity contribution is 0.384. The van der Waals surface area contributed by atoms with Crippen molar-refractivity contribution in [2.24, 2.45) is 0 Å². The number of hydrogen-bond donors (Lipinski definition) is 0. The van der Waals surface area contributed by atoms with Crippen LogP contribution in [-0.2, 0) is 10.0 Å². The van der Waals surface area contributed by atoms with Crippen molar-refractivity contribution < 1.29 is 8.42 Å². The van der Waals surface area contributed by atoms with Gasteiger partial charge in [-0.3, -0.25) is 4.98 Å². The van der Waals surface area contributed by atoms with Gasteiger partial charge in [0.1, 0.15) is 5.82 Å². The van der Waals surface area contributed by atoms with Crippen LogP contribution in [0.4, 0.5) is 5.82 Å². The van der Waals surface area contributed by atoms with E-state index in [2.05, 4.69) is 34.1 Å². The highest BCUT2D eigenvalue weighted by molar-refractivity contribution is 7.89. The van der Waals surface area contributed by atoms with Gasteiger partial charge in [-0.1, -0.05) is 36.4 Å². The number of hydrogen-bond acceptors (Lipinski definition) is 5. The molecule has 0 unspecified atom stereocenters. The Morgan fingerprint density at radius 3 is 2.37 bits per heavy atom. The number of rotatable bonds is 4. The van der Waals surface area contributed by atoms with Gasteiger partial charge in [0.15, 0.2) is 0 Å². The molecule has 27 heavy (non-hydrogen) atoms. The Balaban J connectivity index is 1.58. The van der Waals surface area contributed by atoms with Crippen LogP contribution in [0.2, 0.25) is 0 Å². The molecule has 2 heterocycles. The zero-order valence-corrected chi connectivity index (χ0v) is 16.1. The first kappa shape index (κ1) is 17.9. The van der Waals surface area contributed by atoms with Gasteiger partial charge in [-0.05, 0) is 30.2 Å². The second kappa shape index (κ2) is 7.25. The van der Waals surface area contributed by atoms with Crippen LogP contribution in [-0.4, -0.2) is 54.6 Å². The molecule has 0 atom stereocenters. The maximum absolute atomic E-state index is 12.0. The Morgan fingerprint density at radius 2 is 1.67 bits per heavy atom. The number of piperazine rings is 1. The second-order valence-electron chi connectivity index (χ2n) is 6.58. The maximum atomic E-state index is 12.0. The van der Waals surface area contributed by atoms with Crippen LogP contribution in [0.1, 0.15) is 6.92 Å². The third-order valence-electron chi connectivity index (χ3n) is 4.96. The Bertz CT molecular complexity index is 1050. The molecule has 0 spiro atoms. The molecule has 1 aliphatic heterocycles. The zero-order valence-electron chi connectivity index (χ0n) is 15.2. The molecule has 6 nitrogen and oxygen atoms in total. The first-order valence-corrected chi connectivity index (χ1v) is 10.7. The van der Waals surface area contributed by atoms with E-state index in [4.69, 9.17) is 4.98 Å². The van der Waals surface area contributed by atoms with E-state index in [1.165, 1.54) is 0 Å². The normalized spacial score (nSPS) is 16.0. The fourth-order valence-corrected chi connectivity index (χ4v) is 4.43. The van der Waals surface area contributed by atoms with Gasteiger partial charge in [-0.2, -0.15) is 4.31 Å². The third kappa shape index (κ3) is 3.65. The lowest BCUT2D eigenvalue weighted by Gasteiger charge is -2.34. The van der Waals surface area contributed by atoms with Crippen molar-refractivity contribution in [1.82, 2.24) is 14.3 Å². The van der Waals surface area contributed by atoms with Gasteiger partial charge < -0.3 is 4.90 Å². The summed E-state index contributed by atoms with van der Waals surface area (Å²) in [7, 11) is -3.13. The molecule has 0 bridgehead atoms. The summed E-state index contributed by atoms with van der Waals surface area (Å²) in [6.07, 6.45) is 1.77. The van der Waals surface area contributed by atoms with E-state index in [1.807, 2.05) is 24.3 Å². The van der Waals surface area contributed by atoms with Gasteiger partial charge in [0, 0.05) is 26.2 Å². The number of anilines is 1. The minimum absolute atomic E-state index is 0.144. The summed E-state index contributed by atoms with van der Waals surface area (Å²) in [6.45, 7) is 3.90. The van der Waals surface area contributed by atoms with Gasteiger partial charge in [-0.25, -0.2) is 13.4 Å². The monoisotopic (exact) mass is 382 g/mol. The number of nitrogens with zero attached hydrogens (tertiary/aromatic N) is 4. The van der Waals surface area contributed by atoms with E-state index in [0.29, 0.717) is 26.2 Å². The van der Waals surface area contributed by atoms with Crippen molar-refractivity contribution in [3.63, 3.8) is 0 Å². The van der Waals surface area contributed by atoms with Gasteiger partial charge >= 0.3 is 0 Å². The standard InChI is InChI=1S/C20H22N4O2S/c1-2-27(25,26)24-12-10-23(11-13-24)20-15-21-18-9-8-17(14-19(18)22-20)16-6-4-3-5-7-16/h3-9,14-15H,2,10-13H2,1H3. The highest BCUT2D eigenvalue weighted by Gasteiger charge is 2.26. The molecule has 7 heteroatoms. The molecular formula is C20H22N4O2S. The maximum Gasteiger partial charge on any atom is 0.213 e. The largest absolute Gasteiger partial charge is 0.353 e. The molecule has 1 aliphatic rings. The van der Waals surface area contributed by atoms with Crippen molar-refractivity contribution in [1.29, 1.82) is 0 Å². The fourth-order valence-electron chi connectivity index (χ4n) is 3.34. The first-order valence-electron chi connectivity index (χ1n) is 9.12. The summed E-state index contributed by atoms with van der Waals surface area (Å²) < 4.78 is 25.6. The smallest absolute Gasteiger partial charge is 0.213 e. The molecule has 0 aliphatic carbocycles. The summed E-state index contributed by atoms with van der Waals surface area (Å²) in [4.78, 5) is 11.4. The lowest BCUT2D eigenvalue weighted by atomic mass is 10.1. The number of fused-ring (bicyclic) bond motifs is 1. The Morgan fingerprint density at radius 1 is 0.926 bits per heavy atom. The molecule has 0 radical (unpaired) electrons. The molecule has 0 N–H and O–H groups in total. The van der Waals surface area contributed by atoms with Crippen LogP contribution in [0.15, 0.2) is 54.7 Å². The van der Waals surface area contributed by atoms with Crippen molar-refractivity contribution >= 4 is 26.9 Å². The van der Waals surface area contributed by atoms with E-state index in [-0.39, 0.29) is 5.75 Å². The Hall–Kier alpha value is -2.51. The molecule has 0 saturated carbocycles. The molecule has 4 rings (SSSR count). The Kier molecular flexibility index (Phi) is 4.80. The molecule has 1 saturated heterocycles. The van der Waals surface area contributed by atoms with Crippen molar-refractivity contribution in [3.05, 3.63) is 54.7 Å². The number of benzene rings is 2. The average Bonchev–Trinajstić information content (AvgIpc) is 2.73. The summed E-state index contributed by atoms with van der Waals surface area (Å²) in [5, 5.41) is 0. The number of sulfonamides is 1. The van der Waals surface area contributed by atoms with Crippen LogP contribution in [0.5, 0.6) is 0 Å². The van der Waals surface area contributed by atoms with Crippen molar-refractivity contribution in [2.75, 3.05) is 36.8 Å². The second-order valence-corrected chi connectivity index (χ2v) is 8.84. The van der Waals surface area contributed by atoms with E-state index in [0.717, 1.165) is 28.0 Å². The summed E-state index contributed by atoms with van der Waals surface area (Å²) in [6, 6.07) is 16.3. The fraction of sp³-hybridized carbons (Fsp3) is 0.300. The highest BCUT2D eigenvalue weighted by Crippen LogP contribution is 2.24. The first-order chi connectivity index (χ1) is 13.1. The average molecular weight is 382 g/mol. The minimum Gasteiger partial charge on any atom is -0.353 e. The summed E-state index contributed by atoms with van der Waals surface area (Å²) >= 11 is 0. The van der Waals surface area contributed by atoms with E-state index < -0.39 is 10.0 Å². The van der Waals surface area contributed by atoms with Crippen molar-refractivity contribution in [2.45, 2.75) is 6.92 Å². The predicted molar refractivity (Wildman–Crippen MR) is 108 cm³/mol. The molecule has 0 amide bonds.